The lowest BCUT2D eigenvalue weighted by molar-refractivity contribution is 0.221. The van der Waals surface area contributed by atoms with Crippen molar-refractivity contribution in [1.82, 2.24) is 15.8 Å². The number of hydrazine groups is 1. The van der Waals surface area contributed by atoms with Gasteiger partial charge in [0.05, 0.1) is 12.8 Å². The zero-order valence-electron chi connectivity index (χ0n) is 17.4. The molecular formula is C23H32N4O2. The van der Waals surface area contributed by atoms with Crippen molar-refractivity contribution in [3.05, 3.63) is 60.2 Å². The van der Waals surface area contributed by atoms with Gasteiger partial charge in [-0.3, -0.25) is 10.9 Å². The van der Waals surface area contributed by atoms with Crippen LogP contribution in [0.1, 0.15) is 43.7 Å². The summed E-state index contributed by atoms with van der Waals surface area (Å²) in [4.78, 5) is 14.1. The number of amides is 2. The molecule has 29 heavy (non-hydrogen) atoms. The number of nitrogens with one attached hydrogen (secondary N) is 3. The minimum atomic E-state index is -0.109. The number of urea groups is 1. The fourth-order valence-electron chi connectivity index (χ4n) is 3.69. The Morgan fingerprint density at radius 2 is 1.83 bits per heavy atom. The summed E-state index contributed by atoms with van der Waals surface area (Å²) in [5, 5.41) is 2.91. The molecule has 2 atom stereocenters. The second kappa shape index (κ2) is 10.8. The Morgan fingerprint density at radius 3 is 2.62 bits per heavy atom. The van der Waals surface area contributed by atoms with Crippen molar-refractivity contribution in [1.29, 1.82) is 0 Å². The first-order valence-electron chi connectivity index (χ1n) is 10.4. The first-order valence-corrected chi connectivity index (χ1v) is 10.4. The van der Waals surface area contributed by atoms with E-state index < -0.39 is 0 Å². The number of hydrogen-bond donors (Lipinski definition) is 3. The predicted octanol–water partition coefficient (Wildman–Crippen LogP) is 4.33. The van der Waals surface area contributed by atoms with Crippen LogP contribution >= 0.6 is 0 Å². The molecule has 2 unspecified atom stereocenters. The van der Waals surface area contributed by atoms with Crippen LogP contribution in [-0.4, -0.2) is 37.7 Å². The lowest BCUT2D eigenvalue weighted by Gasteiger charge is -2.19. The van der Waals surface area contributed by atoms with E-state index >= 15 is 0 Å². The minimum absolute atomic E-state index is 0.109. The van der Waals surface area contributed by atoms with Gasteiger partial charge in [0, 0.05) is 25.7 Å². The van der Waals surface area contributed by atoms with Crippen molar-refractivity contribution in [2.45, 2.75) is 44.2 Å². The van der Waals surface area contributed by atoms with Gasteiger partial charge in [-0.2, -0.15) is 0 Å². The van der Waals surface area contributed by atoms with Gasteiger partial charge >= 0.3 is 6.03 Å². The Hall–Kier alpha value is -2.57. The first kappa shape index (κ1) is 21.1. The largest absolute Gasteiger partial charge is 0.495 e. The summed E-state index contributed by atoms with van der Waals surface area (Å²) in [7, 11) is 3.43. The van der Waals surface area contributed by atoms with E-state index in [1.807, 2.05) is 31.3 Å². The number of unbranched alkanes of at least 4 members (excludes halogenated alkanes) is 2. The molecule has 2 aromatic rings. The highest BCUT2D eigenvalue weighted by atomic mass is 16.5. The molecule has 1 heterocycles. The van der Waals surface area contributed by atoms with Crippen molar-refractivity contribution in [2.24, 2.45) is 0 Å². The summed E-state index contributed by atoms with van der Waals surface area (Å²) in [6.07, 6.45) is 5.53. The molecule has 0 radical (unpaired) electrons. The lowest BCUT2D eigenvalue weighted by atomic mass is 9.99. The number of ether oxygens (including phenoxy) is 1. The standard InChI is InChI=1S/C23H32N4O2/c1-27(23(28)24-20-14-8-9-15-22(20)29-2)16-10-4-7-13-19-17-21(26-25-19)18-11-5-3-6-12-18/h3,5-6,8-9,11-12,14-15,19,21,25-26H,4,7,10,13,16-17H2,1-2H3,(H,24,28). The van der Waals surface area contributed by atoms with Gasteiger partial charge in [0.1, 0.15) is 5.75 Å². The lowest BCUT2D eigenvalue weighted by Crippen LogP contribution is -2.32. The summed E-state index contributed by atoms with van der Waals surface area (Å²) in [5.74, 6) is 0.667. The van der Waals surface area contributed by atoms with Crippen LogP contribution in [0.4, 0.5) is 10.5 Å². The number of rotatable bonds is 9. The Balaban J connectivity index is 1.31. The minimum Gasteiger partial charge on any atom is -0.495 e. The Labute approximate surface area is 173 Å². The number of hydrogen-bond acceptors (Lipinski definition) is 4. The quantitative estimate of drug-likeness (QED) is 0.552. The highest BCUT2D eigenvalue weighted by molar-refractivity contribution is 5.90. The van der Waals surface area contributed by atoms with Gasteiger partial charge in [-0.05, 0) is 37.0 Å². The van der Waals surface area contributed by atoms with E-state index in [4.69, 9.17) is 4.74 Å². The maximum absolute atomic E-state index is 12.4. The Bertz CT molecular complexity index is 768. The average Bonchev–Trinajstić information content (AvgIpc) is 3.23. The molecule has 6 nitrogen and oxygen atoms in total. The SMILES string of the molecule is COc1ccccc1NC(=O)N(C)CCCCCC1CC(c2ccccc2)NN1. The molecule has 1 aliphatic heterocycles. The number of nitrogens with zero attached hydrogens (tertiary/aromatic N) is 1. The maximum atomic E-state index is 12.4. The van der Waals surface area contributed by atoms with Crippen LogP contribution in [0.3, 0.4) is 0 Å². The highest BCUT2D eigenvalue weighted by Crippen LogP contribution is 2.25. The summed E-state index contributed by atoms with van der Waals surface area (Å²) in [5.41, 5.74) is 8.87. The van der Waals surface area contributed by atoms with Crippen LogP contribution in [0.2, 0.25) is 0 Å². The molecule has 0 spiro atoms. The molecule has 6 heteroatoms. The Morgan fingerprint density at radius 1 is 1.07 bits per heavy atom. The molecule has 3 N–H and O–H groups in total. The fraction of sp³-hybridized carbons (Fsp3) is 0.435. The van der Waals surface area contributed by atoms with Crippen molar-refractivity contribution in [3.63, 3.8) is 0 Å². The molecule has 0 aromatic heterocycles. The summed E-state index contributed by atoms with van der Waals surface area (Å²) in [6.45, 7) is 0.740. The topological polar surface area (TPSA) is 65.6 Å². The third-order valence-electron chi connectivity index (χ3n) is 5.43. The zero-order chi connectivity index (χ0) is 20.5. The van der Waals surface area contributed by atoms with Gasteiger partial charge in [-0.15, -0.1) is 0 Å². The van der Waals surface area contributed by atoms with Crippen molar-refractivity contribution >= 4 is 11.7 Å². The van der Waals surface area contributed by atoms with E-state index in [1.54, 1.807) is 12.0 Å². The predicted molar refractivity (Wildman–Crippen MR) is 117 cm³/mol. The van der Waals surface area contributed by atoms with Gasteiger partial charge < -0.3 is 15.0 Å². The molecule has 2 aromatic carbocycles. The van der Waals surface area contributed by atoms with Crippen LogP contribution < -0.4 is 20.9 Å². The second-order valence-corrected chi connectivity index (χ2v) is 7.59. The van der Waals surface area contributed by atoms with Gasteiger partial charge in [0.25, 0.3) is 0 Å². The van der Waals surface area contributed by atoms with Crippen LogP contribution in [0.5, 0.6) is 5.75 Å². The maximum Gasteiger partial charge on any atom is 0.321 e. The second-order valence-electron chi connectivity index (χ2n) is 7.59. The van der Waals surface area contributed by atoms with Crippen LogP contribution in [-0.2, 0) is 0 Å². The third kappa shape index (κ3) is 6.21. The van der Waals surface area contributed by atoms with E-state index in [-0.39, 0.29) is 6.03 Å². The van der Waals surface area contributed by atoms with Crippen LogP contribution in [0.15, 0.2) is 54.6 Å². The fourth-order valence-corrected chi connectivity index (χ4v) is 3.69. The van der Waals surface area contributed by atoms with E-state index in [1.165, 1.54) is 5.56 Å². The number of anilines is 1. The monoisotopic (exact) mass is 396 g/mol. The van der Waals surface area contributed by atoms with Crippen molar-refractivity contribution < 1.29 is 9.53 Å². The normalized spacial score (nSPS) is 18.4. The van der Waals surface area contributed by atoms with Crippen molar-refractivity contribution in [3.8, 4) is 5.75 Å². The number of benzene rings is 2. The number of carbonyl (C=O) groups is 1. The molecule has 1 aliphatic rings. The molecule has 1 saturated heterocycles. The summed E-state index contributed by atoms with van der Waals surface area (Å²) in [6, 6.07) is 18.8. The Kier molecular flexibility index (Phi) is 7.90. The first-order chi connectivity index (χ1) is 14.2. The molecular weight excluding hydrogens is 364 g/mol. The van der Waals surface area contributed by atoms with Gasteiger partial charge in [-0.1, -0.05) is 55.3 Å². The average molecular weight is 397 g/mol. The van der Waals surface area contributed by atoms with E-state index in [2.05, 4.69) is 46.5 Å². The van der Waals surface area contributed by atoms with Crippen LogP contribution in [0.25, 0.3) is 0 Å². The molecule has 2 amide bonds. The molecule has 156 valence electrons. The molecule has 3 rings (SSSR count). The van der Waals surface area contributed by atoms with Crippen molar-refractivity contribution in [2.75, 3.05) is 26.0 Å². The third-order valence-corrected chi connectivity index (χ3v) is 5.43. The van der Waals surface area contributed by atoms with Gasteiger partial charge in [0.2, 0.25) is 0 Å². The van der Waals surface area contributed by atoms with Gasteiger partial charge in [0.15, 0.2) is 0 Å². The van der Waals surface area contributed by atoms with Crippen LogP contribution in [0, 0.1) is 0 Å². The molecule has 0 aliphatic carbocycles. The molecule has 0 bridgehead atoms. The number of para-hydroxylation sites is 2. The smallest absolute Gasteiger partial charge is 0.321 e. The molecule has 1 fully saturated rings. The van der Waals surface area contributed by atoms with Gasteiger partial charge in [-0.25, -0.2) is 4.79 Å². The highest BCUT2D eigenvalue weighted by Gasteiger charge is 2.24. The summed E-state index contributed by atoms with van der Waals surface area (Å²) < 4.78 is 5.28. The van der Waals surface area contributed by atoms with E-state index in [0.717, 1.165) is 38.6 Å². The zero-order valence-corrected chi connectivity index (χ0v) is 17.4. The summed E-state index contributed by atoms with van der Waals surface area (Å²) >= 11 is 0. The molecule has 0 saturated carbocycles. The number of methoxy groups -OCH3 is 1. The van der Waals surface area contributed by atoms with E-state index in [9.17, 15) is 4.79 Å². The number of carbonyl (C=O) groups excluding carboxylic acids is 1. The van der Waals surface area contributed by atoms with E-state index in [0.29, 0.717) is 23.5 Å².